The average Bonchev–Trinajstić information content (AvgIpc) is 2.84. The number of hydrogen-bond donors (Lipinski definition) is 0. The van der Waals surface area contributed by atoms with Gasteiger partial charge in [0, 0.05) is 35.8 Å². The van der Waals surface area contributed by atoms with Crippen LogP contribution in [0.4, 0.5) is 11.5 Å². The standard InChI is InChI=1S/C13H13ClN4O3S/c1-8-5-10(19)17-4-2-3-16(12(17)11(8)18(20)21)7-9-6-15-13(14)22-9/h5-6H,2-4,7H2,1H3. The second-order valence-electron chi connectivity index (χ2n) is 5.10. The van der Waals surface area contributed by atoms with Crippen LogP contribution in [-0.2, 0) is 13.1 Å². The third kappa shape index (κ3) is 2.59. The van der Waals surface area contributed by atoms with Crippen LogP contribution in [0.1, 0.15) is 16.9 Å². The van der Waals surface area contributed by atoms with Crippen molar-refractivity contribution in [2.24, 2.45) is 0 Å². The largest absolute Gasteiger partial charge is 0.347 e. The predicted molar refractivity (Wildman–Crippen MR) is 84.9 cm³/mol. The summed E-state index contributed by atoms with van der Waals surface area (Å²) in [5.41, 5.74) is 0.176. The molecule has 7 nitrogen and oxygen atoms in total. The maximum atomic E-state index is 12.1. The topological polar surface area (TPSA) is 81.3 Å². The molecule has 0 spiro atoms. The van der Waals surface area contributed by atoms with E-state index in [0.717, 1.165) is 11.3 Å². The number of hydrogen-bond acceptors (Lipinski definition) is 6. The van der Waals surface area contributed by atoms with E-state index in [2.05, 4.69) is 4.98 Å². The first kappa shape index (κ1) is 15.0. The van der Waals surface area contributed by atoms with Gasteiger partial charge in [0.2, 0.25) is 0 Å². The van der Waals surface area contributed by atoms with E-state index in [1.54, 1.807) is 13.1 Å². The molecule has 0 saturated heterocycles. The Hall–Kier alpha value is -1.93. The van der Waals surface area contributed by atoms with Gasteiger partial charge in [0.25, 0.3) is 5.56 Å². The van der Waals surface area contributed by atoms with Gasteiger partial charge < -0.3 is 4.90 Å². The Morgan fingerprint density at radius 3 is 2.91 bits per heavy atom. The summed E-state index contributed by atoms with van der Waals surface area (Å²) in [7, 11) is 0. The van der Waals surface area contributed by atoms with Crippen LogP contribution >= 0.6 is 22.9 Å². The number of aromatic nitrogens is 2. The molecule has 0 fully saturated rings. The minimum atomic E-state index is -0.418. The fraction of sp³-hybridized carbons (Fsp3) is 0.385. The minimum absolute atomic E-state index is 0.00471. The van der Waals surface area contributed by atoms with E-state index in [1.165, 1.54) is 22.0 Å². The average molecular weight is 341 g/mol. The highest BCUT2D eigenvalue weighted by Gasteiger charge is 2.30. The molecule has 0 unspecified atom stereocenters. The highest BCUT2D eigenvalue weighted by molar-refractivity contribution is 7.15. The molecule has 1 aliphatic heterocycles. The van der Waals surface area contributed by atoms with E-state index in [4.69, 9.17) is 11.6 Å². The van der Waals surface area contributed by atoms with Gasteiger partial charge in [-0.1, -0.05) is 11.6 Å². The molecular weight excluding hydrogens is 328 g/mol. The first-order chi connectivity index (χ1) is 10.5. The molecule has 2 aromatic heterocycles. The number of halogens is 1. The zero-order chi connectivity index (χ0) is 15.9. The lowest BCUT2D eigenvalue weighted by atomic mass is 10.1. The van der Waals surface area contributed by atoms with Crippen LogP contribution in [0.15, 0.2) is 17.1 Å². The van der Waals surface area contributed by atoms with E-state index < -0.39 is 4.92 Å². The Morgan fingerprint density at radius 1 is 1.50 bits per heavy atom. The first-order valence-corrected chi connectivity index (χ1v) is 7.91. The Kier molecular flexibility index (Phi) is 3.88. The maximum absolute atomic E-state index is 12.1. The Labute approximate surface area is 134 Å². The van der Waals surface area contributed by atoms with Crippen molar-refractivity contribution in [2.75, 3.05) is 11.4 Å². The van der Waals surface area contributed by atoms with Crippen molar-refractivity contribution in [3.05, 3.63) is 47.6 Å². The summed E-state index contributed by atoms with van der Waals surface area (Å²) in [4.78, 5) is 29.9. The molecule has 1 aliphatic rings. The summed E-state index contributed by atoms with van der Waals surface area (Å²) in [5.74, 6) is 0.380. The van der Waals surface area contributed by atoms with Crippen LogP contribution in [-0.4, -0.2) is 21.0 Å². The number of aryl methyl sites for hydroxylation is 1. The third-order valence-corrected chi connectivity index (χ3v) is 4.71. The lowest BCUT2D eigenvalue weighted by Crippen LogP contribution is -2.37. The van der Waals surface area contributed by atoms with Crippen molar-refractivity contribution < 1.29 is 4.92 Å². The molecule has 9 heteroatoms. The fourth-order valence-corrected chi connectivity index (χ4v) is 3.72. The van der Waals surface area contributed by atoms with Crippen LogP contribution in [0.3, 0.4) is 0 Å². The summed E-state index contributed by atoms with van der Waals surface area (Å²) in [6.07, 6.45) is 2.42. The van der Waals surface area contributed by atoms with Crippen LogP contribution < -0.4 is 10.5 Å². The molecule has 0 aromatic carbocycles. The van der Waals surface area contributed by atoms with Gasteiger partial charge in [-0.3, -0.25) is 19.5 Å². The molecule has 116 valence electrons. The smallest absolute Gasteiger partial charge is 0.312 e. The predicted octanol–water partition coefficient (Wildman–Crippen LogP) is 2.59. The van der Waals surface area contributed by atoms with E-state index in [1.807, 2.05) is 4.90 Å². The summed E-state index contributed by atoms with van der Waals surface area (Å²) in [6.45, 7) is 3.19. The molecule has 0 amide bonds. The number of thiazole rings is 1. The Morgan fingerprint density at radius 2 is 2.27 bits per heavy atom. The molecule has 3 rings (SSSR count). The van der Waals surface area contributed by atoms with Gasteiger partial charge in [-0.25, -0.2) is 4.98 Å². The van der Waals surface area contributed by atoms with Crippen LogP contribution in [0, 0.1) is 17.0 Å². The molecule has 0 atom stereocenters. The van der Waals surface area contributed by atoms with Gasteiger partial charge in [-0.05, 0) is 13.3 Å². The van der Waals surface area contributed by atoms with E-state index in [9.17, 15) is 14.9 Å². The fourth-order valence-electron chi connectivity index (χ4n) is 2.73. The lowest BCUT2D eigenvalue weighted by Gasteiger charge is -2.31. The van der Waals surface area contributed by atoms with E-state index in [-0.39, 0.29) is 11.2 Å². The number of nitro groups is 1. The van der Waals surface area contributed by atoms with Gasteiger partial charge in [-0.2, -0.15) is 0 Å². The van der Waals surface area contributed by atoms with Crippen molar-refractivity contribution >= 4 is 34.4 Å². The molecule has 0 radical (unpaired) electrons. The molecule has 0 bridgehead atoms. The first-order valence-electron chi connectivity index (χ1n) is 6.71. The maximum Gasteiger partial charge on any atom is 0.312 e. The molecule has 2 aromatic rings. The number of fused-ring (bicyclic) bond motifs is 1. The van der Waals surface area contributed by atoms with Gasteiger partial charge in [-0.15, -0.1) is 11.3 Å². The van der Waals surface area contributed by atoms with Gasteiger partial charge in [0.15, 0.2) is 10.3 Å². The third-order valence-electron chi connectivity index (χ3n) is 3.61. The van der Waals surface area contributed by atoms with Gasteiger partial charge >= 0.3 is 5.69 Å². The second-order valence-corrected chi connectivity index (χ2v) is 6.80. The minimum Gasteiger partial charge on any atom is -0.347 e. The zero-order valence-electron chi connectivity index (χ0n) is 11.8. The number of pyridine rings is 1. The molecule has 0 aliphatic carbocycles. The summed E-state index contributed by atoms with van der Waals surface area (Å²) >= 11 is 7.17. The lowest BCUT2D eigenvalue weighted by molar-refractivity contribution is -0.385. The SMILES string of the molecule is Cc1cc(=O)n2c(c1[N+](=O)[O-])N(Cc1cnc(Cl)s1)CCC2. The summed E-state index contributed by atoms with van der Waals surface area (Å²) in [6, 6.07) is 1.33. The monoisotopic (exact) mass is 340 g/mol. The summed E-state index contributed by atoms with van der Waals surface area (Å²) in [5, 5.41) is 11.4. The number of anilines is 1. The van der Waals surface area contributed by atoms with Gasteiger partial charge in [0.1, 0.15) is 0 Å². The van der Waals surface area contributed by atoms with Crippen LogP contribution in [0.2, 0.25) is 4.47 Å². The highest BCUT2D eigenvalue weighted by atomic mass is 35.5. The number of rotatable bonds is 3. The van der Waals surface area contributed by atoms with Crippen molar-refractivity contribution in [1.29, 1.82) is 0 Å². The van der Waals surface area contributed by atoms with E-state index >= 15 is 0 Å². The normalized spacial score (nSPS) is 14.0. The van der Waals surface area contributed by atoms with E-state index in [0.29, 0.717) is 35.5 Å². The van der Waals surface area contributed by atoms with Crippen LogP contribution in [0.25, 0.3) is 0 Å². The number of nitrogens with zero attached hydrogens (tertiary/aromatic N) is 4. The molecule has 0 saturated carbocycles. The Bertz CT molecular complexity index is 801. The van der Waals surface area contributed by atoms with Gasteiger partial charge in [0.05, 0.1) is 11.5 Å². The zero-order valence-corrected chi connectivity index (χ0v) is 13.4. The molecule has 3 heterocycles. The quantitative estimate of drug-likeness (QED) is 0.633. The van der Waals surface area contributed by atoms with Crippen molar-refractivity contribution in [3.63, 3.8) is 0 Å². The van der Waals surface area contributed by atoms with Crippen molar-refractivity contribution in [1.82, 2.24) is 9.55 Å². The molecule has 22 heavy (non-hydrogen) atoms. The molecular formula is C13H13ClN4O3S. The molecule has 0 N–H and O–H groups in total. The summed E-state index contributed by atoms with van der Waals surface area (Å²) < 4.78 is 1.92. The highest BCUT2D eigenvalue weighted by Crippen LogP contribution is 2.34. The second kappa shape index (κ2) is 5.69. The Balaban J connectivity index is 2.11. The van der Waals surface area contributed by atoms with Crippen molar-refractivity contribution in [2.45, 2.75) is 26.4 Å². The van der Waals surface area contributed by atoms with Crippen LogP contribution in [0.5, 0.6) is 0 Å². The van der Waals surface area contributed by atoms with Crippen molar-refractivity contribution in [3.8, 4) is 0 Å².